The van der Waals surface area contributed by atoms with Crippen molar-refractivity contribution in [3.63, 3.8) is 0 Å². The fourth-order valence-electron chi connectivity index (χ4n) is 3.43. The number of nitrogens with zero attached hydrogens (tertiary/aromatic N) is 4. The van der Waals surface area contributed by atoms with Crippen LogP contribution in [0.25, 0.3) is 5.69 Å². The van der Waals surface area contributed by atoms with Crippen LogP contribution >= 0.6 is 0 Å². The van der Waals surface area contributed by atoms with Crippen LogP contribution in [0.5, 0.6) is 0 Å². The van der Waals surface area contributed by atoms with Gasteiger partial charge >= 0.3 is 0 Å². The molecule has 1 aromatic carbocycles. The Balaban J connectivity index is 1.64. The van der Waals surface area contributed by atoms with Gasteiger partial charge < -0.3 is 0 Å². The zero-order chi connectivity index (χ0) is 17.1. The van der Waals surface area contributed by atoms with Crippen LogP contribution in [0.15, 0.2) is 67.1 Å². The van der Waals surface area contributed by atoms with E-state index in [9.17, 15) is 4.79 Å². The van der Waals surface area contributed by atoms with E-state index in [1.165, 1.54) is 12.8 Å². The van der Waals surface area contributed by atoms with Crippen molar-refractivity contribution in [2.75, 3.05) is 4.90 Å². The van der Waals surface area contributed by atoms with E-state index in [2.05, 4.69) is 10.1 Å². The van der Waals surface area contributed by atoms with Crippen LogP contribution in [-0.2, 0) is 0 Å². The molecule has 2 heterocycles. The van der Waals surface area contributed by atoms with Crippen molar-refractivity contribution in [1.82, 2.24) is 14.8 Å². The van der Waals surface area contributed by atoms with Crippen LogP contribution in [0.3, 0.4) is 0 Å². The molecule has 0 aliphatic heterocycles. The van der Waals surface area contributed by atoms with Crippen LogP contribution in [0, 0.1) is 0 Å². The Hall–Kier alpha value is -2.95. The van der Waals surface area contributed by atoms with E-state index in [-0.39, 0.29) is 11.9 Å². The lowest BCUT2D eigenvalue weighted by Crippen LogP contribution is -2.39. The summed E-state index contributed by atoms with van der Waals surface area (Å²) in [6.45, 7) is 0. The maximum Gasteiger partial charge on any atom is 0.259 e. The Bertz CT molecular complexity index is 822. The van der Waals surface area contributed by atoms with Gasteiger partial charge in [-0.2, -0.15) is 5.10 Å². The molecule has 5 nitrogen and oxygen atoms in total. The molecule has 0 N–H and O–H groups in total. The topological polar surface area (TPSA) is 51.0 Å². The average Bonchev–Trinajstić information content (AvgIpc) is 3.37. The summed E-state index contributed by atoms with van der Waals surface area (Å²) in [5.41, 5.74) is 1.61. The van der Waals surface area contributed by atoms with Crippen molar-refractivity contribution in [2.24, 2.45) is 0 Å². The number of benzene rings is 1. The number of aromatic nitrogens is 3. The Labute approximate surface area is 146 Å². The predicted octanol–water partition coefficient (Wildman–Crippen LogP) is 3.86. The molecule has 0 bridgehead atoms. The lowest BCUT2D eigenvalue weighted by atomic mass is 10.1. The molecule has 0 radical (unpaired) electrons. The number of hydrogen-bond acceptors (Lipinski definition) is 3. The van der Waals surface area contributed by atoms with E-state index in [1.54, 1.807) is 17.1 Å². The van der Waals surface area contributed by atoms with E-state index in [1.807, 2.05) is 59.6 Å². The van der Waals surface area contributed by atoms with Crippen LogP contribution in [-0.4, -0.2) is 26.7 Å². The molecule has 1 saturated carbocycles. The highest BCUT2D eigenvalue weighted by Crippen LogP contribution is 2.28. The first-order valence-electron chi connectivity index (χ1n) is 8.67. The van der Waals surface area contributed by atoms with Gasteiger partial charge in [0.15, 0.2) is 0 Å². The highest BCUT2D eigenvalue weighted by molar-refractivity contribution is 6.06. The van der Waals surface area contributed by atoms with Gasteiger partial charge in [0.25, 0.3) is 5.91 Å². The zero-order valence-electron chi connectivity index (χ0n) is 14.0. The molecule has 1 amide bonds. The van der Waals surface area contributed by atoms with Gasteiger partial charge in [-0.1, -0.05) is 18.9 Å². The van der Waals surface area contributed by atoms with Crippen molar-refractivity contribution < 1.29 is 4.79 Å². The molecule has 5 heteroatoms. The molecule has 126 valence electrons. The minimum absolute atomic E-state index is 0.0117. The highest BCUT2D eigenvalue weighted by Gasteiger charge is 2.29. The summed E-state index contributed by atoms with van der Waals surface area (Å²) >= 11 is 0. The summed E-state index contributed by atoms with van der Waals surface area (Å²) in [5, 5.41) is 4.22. The first-order valence-corrected chi connectivity index (χ1v) is 8.67. The molecule has 25 heavy (non-hydrogen) atoms. The van der Waals surface area contributed by atoms with Gasteiger partial charge in [0.05, 0.1) is 5.69 Å². The second-order valence-corrected chi connectivity index (χ2v) is 6.30. The summed E-state index contributed by atoms with van der Waals surface area (Å²) < 4.78 is 1.78. The third-order valence-corrected chi connectivity index (χ3v) is 4.69. The first kappa shape index (κ1) is 15.6. The van der Waals surface area contributed by atoms with E-state index in [0.29, 0.717) is 5.56 Å². The Kier molecular flexibility index (Phi) is 4.29. The van der Waals surface area contributed by atoms with Crippen molar-refractivity contribution in [1.29, 1.82) is 0 Å². The van der Waals surface area contributed by atoms with Gasteiger partial charge in [0.2, 0.25) is 0 Å². The maximum atomic E-state index is 13.2. The van der Waals surface area contributed by atoms with E-state index >= 15 is 0 Å². The largest absolute Gasteiger partial charge is 0.290 e. The number of rotatable bonds is 4. The van der Waals surface area contributed by atoms with Crippen molar-refractivity contribution in [3.05, 3.63) is 72.7 Å². The molecule has 1 fully saturated rings. The fourth-order valence-corrected chi connectivity index (χ4v) is 3.43. The van der Waals surface area contributed by atoms with Gasteiger partial charge in [-0.3, -0.25) is 9.69 Å². The Morgan fingerprint density at radius 2 is 1.80 bits per heavy atom. The van der Waals surface area contributed by atoms with Gasteiger partial charge in [0, 0.05) is 30.2 Å². The summed E-state index contributed by atoms with van der Waals surface area (Å²) in [7, 11) is 0. The SMILES string of the molecule is O=C(c1ccc(-n2cccn2)cc1)N(c1ccccn1)C1CCCC1. The lowest BCUT2D eigenvalue weighted by molar-refractivity contribution is 0.0976. The third kappa shape index (κ3) is 3.18. The van der Waals surface area contributed by atoms with E-state index < -0.39 is 0 Å². The minimum Gasteiger partial charge on any atom is -0.290 e. The number of carbonyl (C=O) groups excluding carboxylic acids is 1. The van der Waals surface area contributed by atoms with Crippen LogP contribution in [0.2, 0.25) is 0 Å². The van der Waals surface area contributed by atoms with Gasteiger partial charge in [-0.05, 0) is 55.3 Å². The lowest BCUT2D eigenvalue weighted by Gasteiger charge is -2.28. The minimum atomic E-state index is 0.0117. The fraction of sp³-hybridized carbons (Fsp3) is 0.250. The monoisotopic (exact) mass is 332 g/mol. The first-order chi connectivity index (χ1) is 12.3. The number of amides is 1. The molecule has 2 aromatic heterocycles. The molecule has 0 saturated heterocycles. The number of carbonyl (C=O) groups is 1. The molecular weight excluding hydrogens is 312 g/mol. The number of hydrogen-bond donors (Lipinski definition) is 0. The molecule has 1 aliphatic rings. The average molecular weight is 332 g/mol. The van der Waals surface area contributed by atoms with Crippen LogP contribution < -0.4 is 4.90 Å². The summed E-state index contributed by atoms with van der Waals surface area (Å²) in [6, 6.07) is 15.4. The molecular formula is C20H20N4O. The molecule has 4 rings (SSSR count). The quantitative estimate of drug-likeness (QED) is 0.729. The molecule has 3 aromatic rings. The van der Waals surface area contributed by atoms with E-state index in [0.717, 1.165) is 24.3 Å². The zero-order valence-corrected chi connectivity index (χ0v) is 14.0. The van der Waals surface area contributed by atoms with Crippen LogP contribution in [0.1, 0.15) is 36.0 Å². The molecule has 0 atom stereocenters. The molecule has 1 aliphatic carbocycles. The Morgan fingerprint density at radius 3 is 2.44 bits per heavy atom. The standard InChI is InChI=1S/C20H20N4O/c25-20(16-9-11-17(12-10-16)23-15-5-14-22-23)24(18-6-1-2-7-18)19-8-3-4-13-21-19/h3-5,8-15,18H,1-2,6-7H2. The highest BCUT2D eigenvalue weighted by atomic mass is 16.2. The molecule has 0 unspecified atom stereocenters. The summed E-state index contributed by atoms with van der Waals surface area (Å²) in [6.07, 6.45) is 9.77. The van der Waals surface area contributed by atoms with Crippen molar-refractivity contribution in [2.45, 2.75) is 31.7 Å². The van der Waals surface area contributed by atoms with Crippen LogP contribution in [0.4, 0.5) is 5.82 Å². The summed E-state index contributed by atoms with van der Waals surface area (Å²) in [5.74, 6) is 0.744. The third-order valence-electron chi connectivity index (χ3n) is 4.69. The summed E-state index contributed by atoms with van der Waals surface area (Å²) in [4.78, 5) is 19.5. The maximum absolute atomic E-state index is 13.2. The smallest absolute Gasteiger partial charge is 0.259 e. The number of pyridine rings is 1. The molecule has 0 spiro atoms. The predicted molar refractivity (Wildman–Crippen MR) is 96.9 cm³/mol. The van der Waals surface area contributed by atoms with Gasteiger partial charge in [0.1, 0.15) is 5.82 Å². The van der Waals surface area contributed by atoms with Gasteiger partial charge in [-0.25, -0.2) is 9.67 Å². The Morgan fingerprint density at radius 1 is 1.00 bits per heavy atom. The number of anilines is 1. The van der Waals surface area contributed by atoms with Crippen molar-refractivity contribution in [3.8, 4) is 5.69 Å². The normalized spacial score (nSPS) is 14.6. The van der Waals surface area contributed by atoms with Crippen molar-refractivity contribution >= 4 is 11.7 Å². The van der Waals surface area contributed by atoms with E-state index in [4.69, 9.17) is 0 Å². The second-order valence-electron chi connectivity index (χ2n) is 6.30. The van der Waals surface area contributed by atoms with Gasteiger partial charge in [-0.15, -0.1) is 0 Å². The second kappa shape index (κ2) is 6.89.